The van der Waals surface area contributed by atoms with Crippen LogP contribution in [0.15, 0.2) is 22.6 Å². The minimum absolute atomic E-state index is 0.986. The van der Waals surface area contributed by atoms with Crippen molar-refractivity contribution in [3.63, 3.8) is 0 Å². The van der Waals surface area contributed by atoms with Crippen molar-refractivity contribution in [2.45, 2.75) is 55.4 Å². The van der Waals surface area contributed by atoms with E-state index in [4.69, 9.17) is 4.42 Å². The second-order valence-corrected chi connectivity index (χ2v) is 7.24. The molecular weight excluding hydrogens is 292 g/mol. The molecule has 0 aliphatic heterocycles. The Labute approximate surface area is 145 Å². The topological polar surface area (TPSA) is 11.3 Å². The van der Waals surface area contributed by atoms with Gasteiger partial charge in [0.15, 0.2) is 0 Å². The van der Waals surface area contributed by atoms with Crippen LogP contribution in [0, 0.1) is 55.4 Å². The summed E-state index contributed by atoms with van der Waals surface area (Å²) < 4.78 is 6.48. The third-order valence-electron chi connectivity index (χ3n) is 5.79. The zero-order valence-electron chi connectivity index (χ0n) is 16.1. The molecule has 0 fully saturated rings. The summed E-state index contributed by atoms with van der Waals surface area (Å²) in [4.78, 5) is 0. The summed E-state index contributed by atoms with van der Waals surface area (Å²) in [7, 11) is 0. The van der Waals surface area contributed by atoms with Gasteiger partial charge in [0.25, 0.3) is 0 Å². The normalized spacial score (nSPS) is 11.3. The molecule has 3 rings (SSSR count). The molecule has 1 heteroatoms. The van der Waals surface area contributed by atoms with Gasteiger partial charge in [0.1, 0.15) is 0 Å². The fourth-order valence-corrected chi connectivity index (χ4v) is 3.53. The summed E-state index contributed by atoms with van der Waals surface area (Å²) in [5.74, 6) is 0.986. The average molecular weight is 319 g/mol. The second kappa shape index (κ2) is 5.73. The van der Waals surface area contributed by atoms with Crippen molar-refractivity contribution in [1.29, 1.82) is 0 Å². The Morgan fingerprint density at radius 2 is 1.08 bits per heavy atom. The monoisotopic (exact) mass is 319 g/mol. The van der Waals surface area contributed by atoms with Crippen molar-refractivity contribution >= 4 is 11.0 Å². The Balaban J connectivity index is 2.37. The van der Waals surface area contributed by atoms with Crippen LogP contribution in [-0.4, -0.2) is 0 Å². The molecule has 0 amide bonds. The first-order valence-corrected chi connectivity index (χ1v) is 8.64. The molecule has 0 radical (unpaired) electrons. The molecule has 0 saturated heterocycles. The van der Waals surface area contributed by atoms with Gasteiger partial charge in [0, 0.05) is 0 Å². The van der Waals surface area contributed by atoms with E-state index in [1.807, 2.05) is 0 Å². The lowest BCUT2D eigenvalue weighted by molar-refractivity contribution is 0.612. The van der Waals surface area contributed by atoms with E-state index in [-0.39, 0.29) is 0 Å². The number of aryl methyl sites for hydroxylation is 5. The molecule has 3 aromatic rings. The highest BCUT2D eigenvalue weighted by molar-refractivity contribution is 5.88. The van der Waals surface area contributed by atoms with Crippen LogP contribution in [0.1, 0.15) is 44.5 Å². The minimum atomic E-state index is 0.986. The van der Waals surface area contributed by atoms with E-state index < -0.39 is 0 Å². The SMILES string of the molecule is Cc1cc2c(C)c(C)c(C)c(C)c2[o+]c1-c1cc(C)c(C)c(C)c1. The molecule has 124 valence electrons. The van der Waals surface area contributed by atoms with E-state index in [0.717, 1.165) is 11.3 Å². The summed E-state index contributed by atoms with van der Waals surface area (Å²) in [5.41, 5.74) is 12.6. The lowest BCUT2D eigenvalue weighted by Gasteiger charge is -2.10. The Morgan fingerprint density at radius 3 is 1.67 bits per heavy atom. The van der Waals surface area contributed by atoms with E-state index in [0.29, 0.717) is 0 Å². The number of fused-ring (bicyclic) bond motifs is 1. The van der Waals surface area contributed by atoms with Gasteiger partial charge in [-0.25, -0.2) is 4.42 Å². The van der Waals surface area contributed by atoms with E-state index in [1.54, 1.807) is 0 Å². The highest BCUT2D eigenvalue weighted by Crippen LogP contribution is 2.35. The quantitative estimate of drug-likeness (QED) is 0.446. The molecule has 0 aliphatic rings. The van der Waals surface area contributed by atoms with Crippen molar-refractivity contribution in [2.24, 2.45) is 0 Å². The molecule has 0 atom stereocenters. The lowest BCUT2D eigenvalue weighted by Crippen LogP contribution is -1.96. The third kappa shape index (κ3) is 2.43. The Kier molecular flexibility index (Phi) is 3.99. The van der Waals surface area contributed by atoms with Gasteiger partial charge in [-0.15, -0.1) is 0 Å². The Hall–Kier alpha value is -2.15. The molecule has 0 saturated carbocycles. The summed E-state index contributed by atoms with van der Waals surface area (Å²) in [6.45, 7) is 17.4. The maximum atomic E-state index is 6.48. The van der Waals surface area contributed by atoms with Gasteiger partial charge in [-0.2, -0.15) is 0 Å². The first-order chi connectivity index (χ1) is 11.2. The number of hydrogen-bond acceptors (Lipinski definition) is 0. The number of hydrogen-bond donors (Lipinski definition) is 0. The van der Waals surface area contributed by atoms with Crippen LogP contribution in [0.4, 0.5) is 0 Å². The first kappa shape index (κ1) is 16.7. The molecule has 0 spiro atoms. The highest BCUT2D eigenvalue weighted by atomic mass is 16.3. The van der Waals surface area contributed by atoms with E-state index in [2.05, 4.69) is 73.6 Å². The molecule has 0 aliphatic carbocycles. The maximum absolute atomic E-state index is 6.48. The smallest absolute Gasteiger partial charge is 0.206 e. The molecule has 1 heterocycles. The zero-order chi connectivity index (χ0) is 17.8. The molecule has 0 bridgehead atoms. The van der Waals surface area contributed by atoms with Gasteiger partial charge in [-0.1, -0.05) is 0 Å². The summed E-state index contributed by atoms with van der Waals surface area (Å²) in [6, 6.07) is 6.76. The summed E-state index contributed by atoms with van der Waals surface area (Å²) in [5, 5.41) is 1.23. The molecule has 24 heavy (non-hydrogen) atoms. The van der Waals surface area contributed by atoms with Crippen LogP contribution in [0.5, 0.6) is 0 Å². The molecule has 2 aromatic carbocycles. The predicted octanol–water partition coefficient (Wildman–Crippen LogP) is 6.85. The lowest BCUT2D eigenvalue weighted by atomic mass is 9.93. The highest BCUT2D eigenvalue weighted by Gasteiger charge is 2.24. The van der Waals surface area contributed by atoms with Gasteiger partial charge in [0.05, 0.1) is 22.1 Å². The van der Waals surface area contributed by atoms with Crippen molar-refractivity contribution in [2.75, 3.05) is 0 Å². The summed E-state index contributed by atoms with van der Waals surface area (Å²) in [6.07, 6.45) is 0. The fraction of sp³-hybridized carbons (Fsp3) is 0.348. The second-order valence-electron chi connectivity index (χ2n) is 7.24. The van der Waals surface area contributed by atoms with Gasteiger partial charge in [0.2, 0.25) is 0 Å². The van der Waals surface area contributed by atoms with Crippen molar-refractivity contribution < 1.29 is 4.42 Å². The molecule has 0 N–H and O–H groups in total. The number of benzene rings is 2. The fourth-order valence-electron chi connectivity index (χ4n) is 3.53. The standard InChI is InChI=1S/C23H27O/c1-12-9-20(10-13(2)15(12)4)22-14(3)11-21-18(7)16(5)17(6)19(8)23(21)24-22/h9-11H,1-8H3/q+1. The van der Waals surface area contributed by atoms with Crippen LogP contribution in [-0.2, 0) is 0 Å². The van der Waals surface area contributed by atoms with Crippen molar-refractivity contribution in [1.82, 2.24) is 0 Å². The Bertz CT molecular complexity index is 954. The summed E-state index contributed by atoms with van der Waals surface area (Å²) >= 11 is 0. The van der Waals surface area contributed by atoms with E-state index >= 15 is 0 Å². The van der Waals surface area contributed by atoms with Gasteiger partial charge >= 0.3 is 11.3 Å². The number of rotatable bonds is 1. The average Bonchev–Trinajstić information content (AvgIpc) is 2.55. The van der Waals surface area contributed by atoms with Crippen LogP contribution >= 0.6 is 0 Å². The van der Waals surface area contributed by atoms with E-state index in [9.17, 15) is 0 Å². The van der Waals surface area contributed by atoms with Gasteiger partial charge in [-0.3, -0.25) is 0 Å². The van der Waals surface area contributed by atoms with Crippen LogP contribution in [0.3, 0.4) is 0 Å². The molecule has 0 unspecified atom stereocenters. The van der Waals surface area contributed by atoms with Gasteiger partial charge < -0.3 is 0 Å². The third-order valence-corrected chi connectivity index (χ3v) is 5.79. The van der Waals surface area contributed by atoms with Crippen LogP contribution in [0.2, 0.25) is 0 Å². The molecule has 1 aromatic heterocycles. The van der Waals surface area contributed by atoms with Crippen molar-refractivity contribution in [3.8, 4) is 11.3 Å². The largest absolute Gasteiger partial charge is 0.364 e. The predicted molar refractivity (Wildman–Crippen MR) is 104 cm³/mol. The van der Waals surface area contributed by atoms with Crippen molar-refractivity contribution in [3.05, 3.63) is 62.7 Å². The first-order valence-electron chi connectivity index (χ1n) is 8.64. The van der Waals surface area contributed by atoms with Crippen LogP contribution in [0.25, 0.3) is 22.3 Å². The van der Waals surface area contributed by atoms with E-state index in [1.165, 1.54) is 55.5 Å². The minimum Gasteiger partial charge on any atom is -0.206 e. The van der Waals surface area contributed by atoms with Gasteiger partial charge in [-0.05, 0) is 107 Å². The van der Waals surface area contributed by atoms with Crippen LogP contribution < -0.4 is 0 Å². The molecule has 1 nitrogen and oxygen atoms in total. The maximum Gasteiger partial charge on any atom is 0.364 e. The zero-order valence-corrected chi connectivity index (χ0v) is 16.1. The Morgan fingerprint density at radius 1 is 0.542 bits per heavy atom. The molecular formula is C23H27O+.